The Morgan fingerprint density at radius 2 is 1.78 bits per heavy atom. The first-order valence-electron chi connectivity index (χ1n) is 14.5. The Labute approximate surface area is 267 Å². The van der Waals surface area contributed by atoms with E-state index in [9.17, 15) is 26.8 Å². The van der Waals surface area contributed by atoms with E-state index in [4.69, 9.17) is 14.2 Å². The van der Waals surface area contributed by atoms with Crippen LogP contribution in [0.4, 0.5) is 13.9 Å². The van der Waals surface area contributed by atoms with E-state index in [1.807, 2.05) is 0 Å². The molecule has 14 heteroatoms. The van der Waals surface area contributed by atoms with Crippen LogP contribution >= 0.6 is 11.3 Å². The second kappa shape index (κ2) is 13.5. The highest BCUT2D eigenvalue weighted by atomic mass is 32.2. The Kier molecular flexibility index (Phi) is 9.29. The third kappa shape index (κ3) is 7.03. The molecule has 240 valence electrons. The van der Waals surface area contributed by atoms with E-state index in [-0.39, 0.29) is 27.2 Å². The first-order chi connectivity index (χ1) is 22.2. The van der Waals surface area contributed by atoms with Crippen LogP contribution in [0, 0.1) is 11.6 Å². The normalized spacial score (nSPS) is 15.9. The topological polar surface area (TPSA) is 124 Å². The number of halogens is 2. The van der Waals surface area contributed by atoms with Gasteiger partial charge in [0.1, 0.15) is 11.6 Å². The van der Waals surface area contributed by atoms with Crippen LogP contribution in [0.25, 0.3) is 0 Å². The molecule has 0 spiro atoms. The van der Waals surface area contributed by atoms with Crippen molar-refractivity contribution in [1.29, 1.82) is 0 Å². The third-order valence-electron chi connectivity index (χ3n) is 7.65. The van der Waals surface area contributed by atoms with Crippen molar-refractivity contribution in [3.63, 3.8) is 0 Å². The molecule has 0 saturated carbocycles. The van der Waals surface area contributed by atoms with Crippen molar-refractivity contribution in [2.45, 2.75) is 35.5 Å². The Balaban J connectivity index is 1.20. The zero-order valence-corrected chi connectivity index (χ0v) is 26.0. The summed E-state index contributed by atoms with van der Waals surface area (Å²) in [5.74, 6) is -2.62. The van der Waals surface area contributed by atoms with E-state index in [1.54, 1.807) is 29.2 Å². The SMILES string of the molecule is O=C(Nc1ncc(Oc2cccc(C(=O)N3CCC3)c2)s1)C(Oc1ccc(F)cc1F)c1ccc(S(=O)(=O)C2CCOCC2)cc1. The van der Waals surface area contributed by atoms with Crippen molar-refractivity contribution in [3.05, 3.63) is 95.7 Å². The van der Waals surface area contributed by atoms with Crippen molar-refractivity contribution < 1.29 is 41.0 Å². The Morgan fingerprint density at radius 1 is 1.02 bits per heavy atom. The largest absolute Gasteiger partial charge is 0.473 e. The molecule has 1 N–H and O–H groups in total. The van der Waals surface area contributed by atoms with Crippen LogP contribution in [-0.4, -0.2) is 61.7 Å². The summed E-state index contributed by atoms with van der Waals surface area (Å²) in [4.78, 5) is 32.1. The van der Waals surface area contributed by atoms with Gasteiger partial charge in [-0.1, -0.05) is 29.5 Å². The van der Waals surface area contributed by atoms with Crippen molar-refractivity contribution in [2.75, 3.05) is 31.6 Å². The van der Waals surface area contributed by atoms with E-state index >= 15 is 0 Å². The quantitative estimate of drug-likeness (QED) is 0.226. The average molecular weight is 670 g/mol. The fourth-order valence-corrected chi connectivity index (χ4v) is 7.43. The van der Waals surface area contributed by atoms with Gasteiger partial charge in [-0.25, -0.2) is 22.2 Å². The number of carbonyl (C=O) groups is 2. The first-order valence-corrected chi connectivity index (χ1v) is 16.9. The van der Waals surface area contributed by atoms with Gasteiger partial charge in [-0.2, -0.15) is 0 Å². The standard InChI is InChI=1S/C32H29F2N3O7S2/c33-22-7-10-27(26(34)18-22)44-29(20-5-8-24(9-6-20)46(40,41)25-11-15-42-16-12-25)30(38)36-32-35-19-28(45-32)43-23-4-1-3-21(17-23)31(39)37-13-2-14-37/h1,3-10,17-19,25,29H,2,11-16H2,(H,35,36,38). The minimum atomic E-state index is -3.64. The van der Waals surface area contributed by atoms with Gasteiger partial charge in [-0.15, -0.1) is 0 Å². The van der Waals surface area contributed by atoms with Gasteiger partial charge in [0.2, 0.25) is 11.2 Å². The number of aromatic nitrogens is 1. The van der Waals surface area contributed by atoms with E-state index in [0.29, 0.717) is 48.5 Å². The predicted molar refractivity (Wildman–Crippen MR) is 165 cm³/mol. The number of nitrogens with zero attached hydrogens (tertiary/aromatic N) is 2. The maximum atomic E-state index is 14.6. The lowest BCUT2D eigenvalue weighted by molar-refractivity contribution is -0.123. The third-order valence-corrected chi connectivity index (χ3v) is 10.7. The number of ether oxygens (including phenoxy) is 3. The number of nitrogens with one attached hydrogen (secondary N) is 1. The minimum absolute atomic E-state index is 0.0765. The predicted octanol–water partition coefficient (Wildman–Crippen LogP) is 5.77. The van der Waals surface area contributed by atoms with Crippen molar-refractivity contribution in [3.8, 4) is 16.6 Å². The highest BCUT2D eigenvalue weighted by Crippen LogP contribution is 2.33. The second-order valence-electron chi connectivity index (χ2n) is 10.7. The molecule has 1 unspecified atom stereocenters. The lowest BCUT2D eigenvalue weighted by Gasteiger charge is -2.30. The summed E-state index contributed by atoms with van der Waals surface area (Å²) in [5.41, 5.74) is 0.721. The molecule has 0 radical (unpaired) electrons. The number of anilines is 1. The number of amides is 2. The summed E-state index contributed by atoms with van der Waals surface area (Å²) in [6.07, 6.45) is 1.67. The van der Waals surface area contributed by atoms with Crippen LogP contribution in [-0.2, 0) is 19.4 Å². The molecule has 10 nitrogen and oxygen atoms in total. The smallest absolute Gasteiger partial charge is 0.271 e. The van der Waals surface area contributed by atoms with E-state index in [2.05, 4.69) is 10.3 Å². The Hall–Kier alpha value is -4.40. The highest BCUT2D eigenvalue weighted by Gasteiger charge is 2.31. The van der Waals surface area contributed by atoms with Gasteiger partial charge in [-0.3, -0.25) is 14.9 Å². The minimum Gasteiger partial charge on any atom is -0.473 e. The zero-order chi connectivity index (χ0) is 32.3. The Bertz CT molecular complexity index is 1840. The van der Waals surface area contributed by atoms with Gasteiger partial charge in [0.15, 0.2) is 26.5 Å². The van der Waals surface area contributed by atoms with E-state index in [0.717, 1.165) is 43.0 Å². The number of hydrogen-bond acceptors (Lipinski definition) is 9. The molecular weight excluding hydrogens is 640 g/mol. The first kappa shape index (κ1) is 31.6. The second-order valence-corrected chi connectivity index (χ2v) is 14.0. The van der Waals surface area contributed by atoms with E-state index in [1.165, 1.54) is 30.5 Å². The van der Waals surface area contributed by atoms with Crippen LogP contribution < -0.4 is 14.8 Å². The molecule has 4 aromatic rings. The van der Waals surface area contributed by atoms with Crippen LogP contribution in [0.5, 0.6) is 16.6 Å². The number of rotatable bonds is 10. The van der Waals surface area contributed by atoms with Gasteiger partial charge in [0, 0.05) is 43.5 Å². The maximum Gasteiger partial charge on any atom is 0.271 e. The summed E-state index contributed by atoms with van der Waals surface area (Å²) < 4.78 is 71.3. The molecular formula is C32H29F2N3O7S2. The molecule has 1 atom stereocenters. The van der Waals surface area contributed by atoms with Crippen LogP contribution in [0.2, 0.25) is 0 Å². The number of hydrogen-bond donors (Lipinski definition) is 1. The molecule has 1 aromatic heterocycles. The fraction of sp³-hybridized carbons (Fsp3) is 0.281. The van der Waals surface area contributed by atoms with Crippen molar-refractivity contribution in [2.24, 2.45) is 0 Å². The van der Waals surface area contributed by atoms with Crippen molar-refractivity contribution in [1.82, 2.24) is 9.88 Å². The molecule has 2 aliphatic rings. The molecule has 2 aliphatic heterocycles. The van der Waals surface area contributed by atoms with Gasteiger partial charge < -0.3 is 19.1 Å². The lowest BCUT2D eigenvalue weighted by atomic mass is 10.1. The molecule has 0 bridgehead atoms. The number of benzene rings is 3. The molecule has 3 heterocycles. The number of thiazole rings is 1. The van der Waals surface area contributed by atoms with Crippen LogP contribution in [0.1, 0.15) is 41.3 Å². The molecule has 46 heavy (non-hydrogen) atoms. The molecule has 2 fully saturated rings. The van der Waals surface area contributed by atoms with E-state index < -0.39 is 38.7 Å². The maximum absolute atomic E-state index is 14.6. The van der Waals surface area contributed by atoms with Gasteiger partial charge in [0.25, 0.3) is 11.8 Å². The lowest BCUT2D eigenvalue weighted by Crippen LogP contribution is -2.41. The van der Waals surface area contributed by atoms with Gasteiger partial charge in [0.05, 0.1) is 16.3 Å². The molecule has 6 rings (SSSR count). The van der Waals surface area contributed by atoms with Gasteiger partial charge in [-0.05, 0) is 61.7 Å². The highest BCUT2D eigenvalue weighted by molar-refractivity contribution is 7.92. The monoisotopic (exact) mass is 669 g/mol. The summed E-state index contributed by atoms with van der Waals surface area (Å²) >= 11 is 1.01. The molecule has 3 aromatic carbocycles. The zero-order valence-electron chi connectivity index (χ0n) is 24.4. The molecule has 2 amide bonds. The Morgan fingerprint density at radius 3 is 2.48 bits per heavy atom. The number of carbonyl (C=O) groups excluding carboxylic acids is 2. The van der Waals surface area contributed by atoms with Crippen molar-refractivity contribution >= 4 is 38.1 Å². The fourth-order valence-electron chi connectivity index (χ4n) is 5.03. The summed E-state index contributed by atoms with van der Waals surface area (Å²) in [6, 6.07) is 15.0. The van der Waals surface area contributed by atoms with Crippen LogP contribution in [0.3, 0.4) is 0 Å². The number of likely N-dealkylation sites (tertiary alicyclic amines) is 1. The summed E-state index contributed by atoms with van der Waals surface area (Å²) in [5, 5.41) is 2.51. The average Bonchev–Trinajstić information content (AvgIpc) is 3.46. The van der Waals surface area contributed by atoms with Crippen LogP contribution in [0.15, 0.2) is 77.8 Å². The van der Waals surface area contributed by atoms with Gasteiger partial charge >= 0.3 is 0 Å². The summed E-state index contributed by atoms with van der Waals surface area (Å²) in [7, 11) is -3.64. The number of sulfone groups is 1. The molecule has 2 saturated heterocycles. The molecule has 0 aliphatic carbocycles. The summed E-state index contributed by atoms with van der Waals surface area (Å²) in [6.45, 7) is 2.16.